The SMILES string of the molecule is CN(C)C/C=C/C(=O)Nc1ccc(F)c(-c2nc(Nc3cccc(N4CCN(C)CC4)c3)nc(N)c2C=N)c1. The van der Waals surface area contributed by atoms with Crippen LogP contribution in [0, 0.1) is 11.2 Å². The van der Waals surface area contributed by atoms with Crippen LogP contribution in [0.4, 0.5) is 33.2 Å². The van der Waals surface area contributed by atoms with E-state index in [4.69, 9.17) is 11.1 Å². The van der Waals surface area contributed by atoms with Crippen LogP contribution in [-0.4, -0.2) is 85.8 Å². The maximum atomic E-state index is 15.0. The number of hydrogen-bond donors (Lipinski definition) is 4. The van der Waals surface area contributed by atoms with Gasteiger partial charge in [-0.25, -0.2) is 9.37 Å². The molecule has 0 radical (unpaired) electrons. The van der Waals surface area contributed by atoms with Crippen molar-refractivity contribution in [1.82, 2.24) is 19.8 Å². The smallest absolute Gasteiger partial charge is 0.248 e. The molecule has 5 N–H and O–H groups in total. The van der Waals surface area contributed by atoms with Crippen molar-refractivity contribution in [2.24, 2.45) is 0 Å². The van der Waals surface area contributed by atoms with E-state index in [2.05, 4.69) is 43.5 Å². The fourth-order valence-electron chi connectivity index (χ4n) is 4.20. The second-order valence-corrected chi connectivity index (χ2v) is 9.65. The molecule has 1 amide bonds. The Balaban J connectivity index is 1.61. The molecule has 2 aromatic carbocycles. The number of anilines is 5. The van der Waals surface area contributed by atoms with Gasteiger partial charge < -0.3 is 36.5 Å². The van der Waals surface area contributed by atoms with Crippen LogP contribution in [0.1, 0.15) is 5.56 Å². The summed E-state index contributed by atoms with van der Waals surface area (Å²) in [7, 11) is 5.91. The van der Waals surface area contributed by atoms with Gasteiger partial charge in [0.25, 0.3) is 0 Å². The lowest BCUT2D eigenvalue weighted by atomic mass is 10.1. The van der Waals surface area contributed by atoms with Crippen LogP contribution in [0.15, 0.2) is 54.6 Å². The number of likely N-dealkylation sites (N-methyl/N-ethyl adjacent to an activating group) is 2. The van der Waals surface area contributed by atoms with Crippen LogP contribution < -0.4 is 21.3 Å². The third-order valence-corrected chi connectivity index (χ3v) is 6.32. The Morgan fingerprint density at radius 1 is 1.13 bits per heavy atom. The van der Waals surface area contributed by atoms with E-state index >= 15 is 4.39 Å². The number of benzene rings is 2. The molecule has 0 bridgehead atoms. The van der Waals surface area contributed by atoms with E-state index < -0.39 is 5.82 Å². The summed E-state index contributed by atoms with van der Waals surface area (Å²) >= 11 is 0. The summed E-state index contributed by atoms with van der Waals surface area (Å²) in [5.74, 6) is -0.705. The number of rotatable bonds is 9. The van der Waals surface area contributed by atoms with Crippen molar-refractivity contribution in [3.63, 3.8) is 0 Å². The van der Waals surface area contributed by atoms with Crippen LogP contribution in [0.25, 0.3) is 11.3 Å². The number of carbonyl (C=O) groups excluding carboxylic acids is 1. The highest BCUT2D eigenvalue weighted by Gasteiger charge is 2.18. The predicted octanol–water partition coefficient (Wildman–Crippen LogP) is 3.41. The Morgan fingerprint density at radius 3 is 2.62 bits per heavy atom. The fraction of sp³-hybridized carbons (Fsp3) is 0.286. The van der Waals surface area contributed by atoms with Gasteiger partial charge in [-0.1, -0.05) is 12.1 Å². The Kier molecular flexibility index (Phi) is 8.84. The molecule has 1 aromatic heterocycles. The normalized spacial score (nSPS) is 14.1. The Labute approximate surface area is 227 Å². The number of nitrogens with zero attached hydrogens (tertiary/aromatic N) is 5. The largest absolute Gasteiger partial charge is 0.383 e. The average Bonchev–Trinajstić information content (AvgIpc) is 2.90. The van der Waals surface area contributed by atoms with Crippen LogP contribution in [0.2, 0.25) is 0 Å². The summed E-state index contributed by atoms with van der Waals surface area (Å²) in [5, 5.41) is 13.8. The molecule has 10 nitrogen and oxygen atoms in total. The third-order valence-electron chi connectivity index (χ3n) is 6.32. The number of hydrogen-bond acceptors (Lipinski definition) is 9. The van der Waals surface area contributed by atoms with Gasteiger partial charge in [0.15, 0.2) is 0 Å². The van der Waals surface area contributed by atoms with Crippen LogP contribution in [0.5, 0.6) is 0 Å². The molecule has 4 rings (SSSR count). The fourth-order valence-corrected chi connectivity index (χ4v) is 4.20. The molecule has 1 saturated heterocycles. The minimum Gasteiger partial charge on any atom is -0.383 e. The summed E-state index contributed by atoms with van der Waals surface area (Å²) in [6.07, 6.45) is 4.15. The molecule has 1 aliphatic rings. The van der Waals surface area contributed by atoms with E-state index in [1.165, 1.54) is 24.3 Å². The first-order valence-electron chi connectivity index (χ1n) is 12.6. The molecule has 0 saturated carbocycles. The highest BCUT2D eigenvalue weighted by molar-refractivity contribution is 6.00. The molecule has 0 aliphatic carbocycles. The predicted molar refractivity (Wildman–Crippen MR) is 155 cm³/mol. The second-order valence-electron chi connectivity index (χ2n) is 9.65. The number of aromatic nitrogens is 2. The Morgan fingerprint density at radius 2 is 1.90 bits per heavy atom. The molecule has 0 unspecified atom stereocenters. The second kappa shape index (κ2) is 12.5. The first-order chi connectivity index (χ1) is 18.7. The van der Waals surface area contributed by atoms with Gasteiger partial charge in [0, 0.05) is 67.6 Å². The van der Waals surface area contributed by atoms with Gasteiger partial charge in [0.05, 0.1) is 11.3 Å². The summed E-state index contributed by atoms with van der Waals surface area (Å²) in [4.78, 5) is 27.7. The maximum Gasteiger partial charge on any atom is 0.248 e. The molecular weight excluding hydrogens is 497 g/mol. The number of piperazine rings is 1. The number of nitrogens with two attached hydrogens (primary N) is 1. The molecule has 1 fully saturated rings. The van der Waals surface area contributed by atoms with Crippen molar-refractivity contribution < 1.29 is 9.18 Å². The van der Waals surface area contributed by atoms with Gasteiger partial charge in [-0.2, -0.15) is 4.98 Å². The lowest BCUT2D eigenvalue weighted by Gasteiger charge is -2.34. The van der Waals surface area contributed by atoms with Crippen molar-refractivity contribution in [3.8, 4) is 11.3 Å². The van der Waals surface area contributed by atoms with Crippen molar-refractivity contribution in [2.75, 3.05) is 75.1 Å². The quantitative estimate of drug-likeness (QED) is 0.244. The van der Waals surface area contributed by atoms with Crippen molar-refractivity contribution in [1.29, 1.82) is 5.41 Å². The van der Waals surface area contributed by atoms with Crippen molar-refractivity contribution in [3.05, 3.63) is 66.0 Å². The number of amides is 1. The first kappa shape index (κ1) is 27.7. The minimum atomic E-state index is -0.569. The molecular formula is C28H34FN9O. The minimum absolute atomic E-state index is 0.0354. The van der Waals surface area contributed by atoms with Crippen LogP contribution in [0.3, 0.4) is 0 Å². The van der Waals surface area contributed by atoms with Gasteiger partial charge in [-0.15, -0.1) is 0 Å². The molecule has 0 spiro atoms. The zero-order chi connectivity index (χ0) is 27.9. The third kappa shape index (κ3) is 7.15. The summed E-state index contributed by atoms with van der Waals surface area (Å²) in [6.45, 7) is 4.45. The maximum absolute atomic E-state index is 15.0. The lowest BCUT2D eigenvalue weighted by Crippen LogP contribution is -2.44. The summed E-state index contributed by atoms with van der Waals surface area (Å²) < 4.78 is 15.0. The highest BCUT2D eigenvalue weighted by atomic mass is 19.1. The van der Waals surface area contributed by atoms with E-state index in [0.29, 0.717) is 12.2 Å². The van der Waals surface area contributed by atoms with Gasteiger partial charge in [-0.05, 0) is 57.5 Å². The highest BCUT2D eigenvalue weighted by Crippen LogP contribution is 2.31. The standard InChI is InChI=1S/C28H34FN9O/c1-36(2)11-5-8-25(39)32-20-9-10-24(29)22(17-20)26-23(18-30)27(31)35-28(34-26)33-19-6-4-7-21(16-19)38-14-12-37(3)13-15-38/h4-10,16-18,30H,11-15H2,1-3H3,(H,32,39)(H3,31,33,34,35)/b8-5+,30-18?. The number of nitrogens with one attached hydrogen (secondary N) is 3. The zero-order valence-corrected chi connectivity index (χ0v) is 22.4. The lowest BCUT2D eigenvalue weighted by molar-refractivity contribution is -0.111. The molecule has 0 atom stereocenters. The van der Waals surface area contributed by atoms with Crippen molar-refractivity contribution in [2.45, 2.75) is 0 Å². The van der Waals surface area contributed by atoms with Crippen LogP contribution >= 0.6 is 0 Å². The molecule has 2 heterocycles. The molecule has 204 valence electrons. The van der Waals surface area contributed by atoms with Gasteiger partial charge in [0.2, 0.25) is 11.9 Å². The Bertz CT molecular complexity index is 1370. The van der Waals surface area contributed by atoms with E-state index in [0.717, 1.165) is 43.8 Å². The van der Waals surface area contributed by atoms with Crippen molar-refractivity contribution >= 4 is 41.0 Å². The van der Waals surface area contributed by atoms with Gasteiger partial charge in [0.1, 0.15) is 11.6 Å². The van der Waals surface area contributed by atoms with Gasteiger partial charge in [-0.3, -0.25) is 4.79 Å². The van der Waals surface area contributed by atoms with E-state index in [9.17, 15) is 4.79 Å². The monoisotopic (exact) mass is 531 g/mol. The molecule has 1 aliphatic heterocycles. The number of halogens is 1. The van der Waals surface area contributed by atoms with Gasteiger partial charge >= 0.3 is 0 Å². The zero-order valence-electron chi connectivity index (χ0n) is 22.4. The Hall–Kier alpha value is -4.35. The average molecular weight is 532 g/mol. The van der Waals surface area contributed by atoms with Crippen LogP contribution in [-0.2, 0) is 4.79 Å². The van der Waals surface area contributed by atoms with E-state index in [1.54, 1.807) is 6.08 Å². The summed E-state index contributed by atoms with van der Waals surface area (Å²) in [6, 6.07) is 12.1. The van der Waals surface area contributed by atoms with E-state index in [-0.39, 0.29) is 34.5 Å². The topological polar surface area (TPSA) is 126 Å². The number of carbonyl (C=O) groups is 1. The molecule has 3 aromatic rings. The van der Waals surface area contributed by atoms with E-state index in [1.807, 2.05) is 37.2 Å². The first-order valence-corrected chi connectivity index (χ1v) is 12.6. The molecule has 11 heteroatoms. The summed E-state index contributed by atoms with van der Waals surface area (Å²) in [5.41, 5.74) is 8.80. The molecule has 39 heavy (non-hydrogen) atoms. The number of nitrogen functional groups attached to an aromatic ring is 1.